The number of carbonyl (C=O) groups is 1. The largest absolute Gasteiger partial charge is 0.375 e. The van der Waals surface area contributed by atoms with Gasteiger partial charge in [0.15, 0.2) is 5.11 Å². The summed E-state index contributed by atoms with van der Waals surface area (Å²) >= 11 is 5.93. The van der Waals surface area contributed by atoms with Crippen molar-refractivity contribution in [1.82, 2.24) is 19.9 Å². The zero-order valence-corrected chi connectivity index (χ0v) is 23.3. The van der Waals surface area contributed by atoms with Crippen LogP contribution in [0.3, 0.4) is 0 Å². The molecule has 1 fully saturated rings. The number of benzene rings is 1. The van der Waals surface area contributed by atoms with Gasteiger partial charge in [-0.25, -0.2) is 0 Å². The molecule has 0 aliphatic carbocycles. The van der Waals surface area contributed by atoms with Gasteiger partial charge in [0.2, 0.25) is 5.91 Å². The molecule has 0 spiro atoms. The molecule has 2 atom stereocenters. The van der Waals surface area contributed by atoms with Gasteiger partial charge in [-0.3, -0.25) is 14.8 Å². The third-order valence-electron chi connectivity index (χ3n) is 7.13. The molecule has 0 bridgehead atoms. The minimum Gasteiger partial charge on any atom is -0.375 e. The molecule has 1 saturated heterocycles. The molecule has 0 unspecified atom stereocenters. The Kier molecular flexibility index (Phi) is 7.72. The lowest BCUT2D eigenvalue weighted by atomic mass is 9.96. The lowest BCUT2D eigenvalue weighted by Crippen LogP contribution is -2.29. The fourth-order valence-corrected chi connectivity index (χ4v) is 5.59. The predicted octanol–water partition coefficient (Wildman–Crippen LogP) is 5.01. The quantitative estimate of drug-likeness (QED) is 0.304. The molecule has 5 rings (SSSR count). The van der Waals surface area contributed by atoms with Crippen LogP contribution in [0.25, 0.3) is 0 Å². The fourth-order valence-electron chi connectivity index (χ4n) is 5.25. The molecule has 3 aromatic heterocycles. The maximum Gasteiger partial charge on any atom is 0.250 e. The van der Waals surface area contributed by atoms with E-state index in [1.165, 1.54) is 18.4 Å². The van der Waals surface area contributed by atoms with Crippen molar-refractivity contribution in [3.05, 3.63) is 107 Å². The summed E-state index contributed by atoms with van der Waals surface area (Å²) in [6, 6.07) is 17.9. The molecule has 1 amide bonds. The average Bonchev–Trinajstić information content (AvgIpc) is 3.42. The lowest BCUT2D eigenvalue weighted by Gasteiger charge is -2.29. The highest BCUT2D eigenvalue weighted by Gasteiger charge is 2.42. The SMILES string of the molecule is COCC(=O)Nc1ccc(N2C(=S)N[C@H](c3ccccn3)[C@H]2c2cc(C)n(Cc3cccnc3)c2C)cc1C. The molecule has 39 heavy (non-hydrogen) atoms. The van der Waals surface area contributed by atoms with E-state index in [0.29, 0.717) is 5.11 Å². The van der Waals surface area contributed by atoms with E-state index in [1.54, 1.807) is 6.20 Å². The normalized spacial score (nSPS) is 16.8. The first-order valence-electron chi connectivity index (χ1n) is 12.8. The van der Waals surface area contributed by atoms with Crippen molar-refractivity contribution in [2.24, 2.45) is 0 Å². The van der Waals surface area contributed by atoms with E-state index >= 15 is 0 Å². The van der Waals surface area contributed by atoms with Gasteiger partial charge in [-0.1, -0.05) is 12.1 Å². The number of rotatable bonds is 8. The van der Waals surface area contributed by atoms with Crippen molar-refractivity contribution in [2.45, 2.75) is 39.4 Å². The van der Waals surface area contributed by atoms with Crippen molar-refractivity contribution in [1.29, 1.82) is 0 Å². The van der Waals surface area contributed by atoms with E-state index in [4.69, 9.17) is 17.0 Å². The Hall–Kier alpha value is -4.08. The molecular formula is C30H32N6O2S. The molecule has 8 nitrogen and oxygen atoms in total. The van der Waals surface area contributed by atoms with Crippen LogP contribution in [-0.4, -0.2) is 39.3 Å². The van der Waals surface area contributed by atoms with E-state index in [-0.39, 0.29) is 24.6 Å². The first-order chi connectivity index (χ1) is 18.9. The Labute approximate surface area is 234 Å². The van der Waals surface area contributed by atoms with Crippen molar-refractivity contribution in [3.63, 3.8) is 0 Å². The maximum absolute atomic E-state index is 12.1. The Morgan fingerprint density at radius 1 is 1.10 bits per heavy atom. The van der Waals surface area contributed by atoms with Gasteiger partial charge in [0, 0.05) is 55.0 Å². The van der Waals surface area contributed by atoms with E-state index in [9.17, 15) is 4.79 Å². The molecule has 1 aromatic carbocycles. The molecular weight excluding hydrogens is 508 g/mol. The number of pyridine rings is 2. The number of methoxy groups -OCH3 is 1. The number of aryl methyl sites for hydroxylation is 2. The number of thiocarbonyl (C=S) groups is 1. The van der Waals surface area contributed by atoms with Crippen LogP contribution in [-0.2, 0) is 16.1 Å². The summed E-state index contributed by atoms with van der Waals surface area (Å²) in [5, 5.41) is 7.08. The highest BCUT2D eigenvalue weighted by molar-refractivity contribution is 7.80. The van der Waals surface area contributed by atoms with Crippen LogP contribution >= 0.6 is 12.2 Å². The number of aromatic nitrogens is 3. The zero-order valence-electron chi connectivity index (χ0n) is 22.5. The Balaban J connectivity index is 1.56. The Morgan fingerprint density at radius 2 is 1.95 bits per heavy atom. The lowest BCUT2D eigenvalue weighted by molar-refractivity contribution is -0.119. The first-order valence-corrected chi connectivity index (χ1v) is 13.2. The fraction of sp³-hybridized carbons (Fsp3) is 0.267. The van der Waals surface area contributed by atoms with Crippen molar-refractivity contribution in [3.8, 4) is 0 Å². The molecule has 0 radical (unpaired) electrons. The standard InChI is InChI=1S/C30H32N6O2S/c1-19-14-23(10-11-25(19)33-27(37)18-38-4)36-29(28(34-30(36)39)26-9-5-6-13-32-26)24-15-20(2)35(21(24)3)17-22-8-7-12-31-16-22/h5-16,28-29H,17-18H2,1-4H3,(H,33,37)(H,34,39)/t28-,29-/m1/s1. The van der Waals surface area contributed by atoms with Crippen LogP contribution in [0.2, 0.25) is 0 Å². The highest BCUT2D eigenvalue weighted by atomic mass is 32.1. The van der Waals surface area contributed by atoms with E-state index in [1.807, 2.05) is 55.7 Å². The average molecular weight is 541 g/mol. The summed E-state index contributed by atoms with van der Waals surface area (Å²) in [4.78, 5) is 23.2. The van der Waals surface area contributed by atoms with Crippen molar-refractivity contribution < 1.29 is 9.53 Å². The highest BCUT2D eigenvalue weighted by Crippen LogP contribution is 2.44. The summed E-state index contributed by atoms with van der Waals surface area (Å²) in [5.41, 5.74) is 8.18. The van der Waals surface area contributed by atoms with Crippen LogP contribution in [0, 0.1) is 20.8 Å². The monoisotopic (exact) mass is 540 g/mol. The number of nitrogens with one attached hydrogen (secondary N) is 2. The van der Waals surface area contributed by atoms with Crippen molar-refractivity contribution >= 4 is 34.6 Å². The molecule has 200 valence electrons. The molecule has 1 aliphatic heterocycles. The van der Waals surface area contributed by atoms with Crippen LogP contribution in [0.4, 0.5) is 11.4 Å². The van der Waals surface area contributed by atoms with Crippen molar-refractivity contribution in [2.75, 3.05) is 23.9 Å². The van der Waals surface area contributed by atoms with Crippen LogP contribution in [0.1, 0.15) is 45.9 Å². The Morgan fingerprint density at radius 3 is 2.64 bits per heavy atom. The molecule has 0 saturated carbocycles. The third kappa shape index (κ3) is 5.41. The van der Waals surface area contributed by atoms with E-state index in [0.717, 1.165) is 40.4 Å². The van der Waals surface area contributed by atoms with Gasteiger partial charge in [-0.05, 0) is 92.1 Å². The van der Waals surface area contributed by atoms with Gasteiger partial charge in [0.25, 0.3) is 0 Å². The minimum atomic E-state index is -0.194. The smallest absolute Gasteiger partial charge is 0.250 e. The predicted molar refractivity (Wildman–Crippen MR) is 157 cm³/mol. The van der Waals surface area contributed by atoms with Gasteiger partial charge in [0.05, 0.1) is 17.8 Å². The van der Waals surface area contributed by atoms with Crippen LogP contribution in [0.5, 0.6) is 0 Å². The van der Waals surface area contributed by atoms with Gasteiger partial charge < -0.3 is 24.8 Å². The topological polar surface area (TPSA) is 84.3 Å². The number of ether oxygens (including phenoxy) is 1. The van der Waals surface area contributed by atoms with Gasteiger partial charge >= 0.3 is 0 Å². The van der Waals surface area contributed by atoms with Crippen LogP contribution in [0.15, 0.2) is 73.2 Å². The molecule has 4 aromatic rings. The van der Waals surface area contributed by atoms with Gasteiger partial charge in [-0.15, -0.1) is 0 Å². The Bertz CT molecular complexity index is 1490. The van der Waals surface area contributed by atoms with E-state index < -0.39 is 0 Å². The maximum atomic E-state index is 12.1. The number of nitrogens with zero attached hydrogens (tertiary/aromatic N) is 4. The zero-order chi connectivity index (χ0) is 27.5. The first kappa shape index (κ1) is 26.5. The number of carbonyl (C=O) groups excluding carboxylic acids is 1. The number of anilines is 2. The second kappa shape index (κ2) is 11.3. The van der Waals surface area contributed by atoms with Gasteiger partial charge in [0.1, 0.15) is 6.61 Å². The molecule has 1 aliphatic rings. The molecule has 4 heterocycles. The molecule has 2 N–H and O–H groups in total. The summed E-state index contributed by atoms with van der Waals surface area (Å²) in [5.74, 6) is -0.194. The summed E-state index contributed by atoms with van der Waals surface area (Å²) < 4.78 is 7.28. The summed E-state index contributed by atoms with van der Waals surface area (Å²) in [6.07, 6.45) is 5.51. The van der Waals surface area contributed by atoms with E-state index in [2.05, 4.69) is 62.1 Å². The van der Waals surface area contributed by atoms with Gasteiger partial charge in [-0.2, -0.15) is 0 Å². The second-order valence-electron chi connectivity index (χ2n) is 9.75. The minimum absolute atomic E-state index is 0.00378. The number of hydrogen-bond donors (Lipinski definition) is 2. The summed E-state index contributed by atoms with van der Waals surface area (Å²) in [6.45, 7) is 7.01. The van der Waals surface area contributed by atoms with Crippen LogP contribution < -0.4 is 15.5 Å². The number of amides is 1. The second-order valence-corrected chi connectivity index (χ2v) is 10.1. The molecule has 9 heteroatoms. The summed E-state index contributed by atoms with van der Waals surface area (Å²) in [7, 11) is 1.50. The third-order valence-corrected chi connectivity index (χ3v) is 7.45. The number of hydrogen-bond acceptors (Lipinski definition) is 5.